The van der Waals surface area contributed by atoms with Gasteiger partial charge in [-0.25, -0.2) is 13.8 Å². The molecule has 22 heavy (non-hydrogen) atoms. The molecule has 1 heterocycles. The lowest BCUT2D eigenvalue weighted by atomic mass is 10.2. The highest BCUT2D eigenvalue weighted by Crippen LogP contribution is 2.36. The van der Waals surface area contributed by atoms with Crippen molar-refractivity contribution in [2.45, 2.75) is 6.92 Å². The van der Waals surface area contributed by atoms with Crippen LogP contribution in [0.4, 0.5) is 8.78 Å². The molecule has 0 aliphatic rings. The summed E-state index contributed by atoms with van der Waals surface area (Å²) in [6.07, 6.45) is 0. The van der Waals surface area contributed by atoms with Gasteiger partial charge < -0.3 is 4.74 Å². The lowest BCUT2D eigenvalue weighted by Gasteiger charge is -2.12. The van der Waals surface area contributed by atoms with E-state index in [0.29, 0.717) is 32.1 Å². The fourth-order valence-electron chi connectivity index (χ4n) is 2.04. The van der Waals surface area contributed by atoms with E-state index in [1.807, 2.05) is 0 Å². The summed E-state index contributed by atoms with van der Waals surface area (Å²) >= 11 is 9.37. The quantitative estimate of drug-likeness (QED) is 0.538. The van der Waals surface area contributed by atoms with E-state index in [-0.39, 0.29) is 5.52 Å². The van der Waals surface area contributed by atoms with Crippen LogP contribution in [0, 0.1) is 18.6 Å². The monoisotopic (exact) mass is 383 g/mol. The minimum absolute atomic E-state index is 0.0185. The summed E-state index contributed by atoms with van der Waals surface area (Å²) in [5, 5.41) is 0.967. The molecule has 2 nitrogen and oxygen atoms in total. The third-order valence-corrected chi connectivity index (χ3v) is 4.52. The topological polar surface area (TPSA) is 22.1 Å². The van der Waals surface area contributed by atoms with Crippen LogP contribution in [-0.4, -0.2) is 4.98 Å². The number of ether oxygens (including phenoxy) is 1. The first kappa shape index (κ1) is 15.2. The minimum Gasteiger partial charge on any atom is -0.454 e. The van der Waals surface area contributed by atoms with E-state index in [1.54, 1.807) is 31.2 Å². The van der Waals surface area contributed by atoms with E-state index in [4.69, 9.17) is 16.3 Å². The first-order valence-corrected chi connectivity index (χ1v) is 7.51. The lowest BCUT2D eigenvalue weighted by Crippen LogP contribution is -1.95. The van der Waals surface area contributed by atoms with Crippen molar-refractivity contribution in [3.63, 3.8) is 0 Å². The van der Waals surface area contributed by atoms with Crippen LogP contribution in [-0.2, 0) is 0 Å². The molecule has 0 atom stereocenters. The van der Waals surface area contributed by atoms with Crippen LogP contribution in [0.3, 0.4) is 0 Å². The summed E-state index contributed by atoms with van der Waals surface area (Å²) < 4.78 is 33.4. The number of rotatable bonds is 2. The molecule has 0 amide bonds. The van der Waals surface area contributed by atoms with E-state index in [0.717, 1.165) is 6.07 Å². The minimum atomic E-state index is -0.962. The van der Waals surface area contributed by atoms with Gasteiger partial charge in [0.25, 0.3) is 0 Å². The maximum atomic E-state index is 13.8. The first-order valence-electron chi connectivity index (χ1n) is 6.34. The summed E-state index contributed by atoms with van der Waals surface area (Å²) in [5.41, 5.74) is 0.430. The summed E-state index contributed by atoms with van der Waals surface area (Å²) in [6, 6.07) is 9.36. The van der Waals surface area contributed by atoms with Gasteiger partial charge >= 0.3 is 0 Å². The maximum Gasteiger partial charge on any atom is 0.184 e. The number of aryl methyl sites for hydroxylation is 1. The van der Waals surface area contributed by atoms with Gasteiger partial charge in [0.2, 0.25) is 0 Å². The molecule has 0 saturated heterocycles. The van der Waals surface area contributed by atoms with Gasteiger partial charge in [0, 0.05) is 5.39 Å². The molecule has 0 spiro atoms. The Morgan fingerprint density at radius 2 is 1.91 bits per heavy atom. The molecule has 0 aliphatic carbocycles. The fourth-order valence-corrected chi connectivity index (χ4v) is 2.55. The number of benzene rings is 2. The fraction of sp³-hybridized carbons (Fsp3) is 0.0625. The molecular formula is C16H9BrClF2NO. The van der Waals surface area contributed by atoms with Crippen LogP contribution >= 0.6 is 27.5 Å². The Balaban J connectivity index is 2.10. The number of hydrogen-bond acceptors (Lipinski definition) is 2. The van der Waals surface area contributed by atoms with Gasteiger partial charge in [0.15, 0.2) is 11.6 Å². The number of aromatic nitrogens is 1. The van der Waals surface area contributed by atoms with E-state index in [2.05, 4.69) is 20.9 Å². The van der Waals surface area contributed by atoms with Crippen molar-refractivity contribution in [1.82, 2.24) is 4.98 Å². The SMILES string of the molecule is Cc1nc2c(F)c(F)ccc2cc1Oc1cccc(Cl)c1Br. The van der Waals surface area contributed by atoms with Gasteiger partial charge in [-0.05, 0) is 53.2 Å². The molecule has 0 N–H and O–H groups in total. The molecule has 3 aromatic rings. The highest BCUT2D eigenvalue weighted by atomic mass is 79.9. The molecule has 0 unspecified atom stereocenters. The van der Waals surface area contributed by atoms with Crippen LogP contribution < -0.4 is 4.74 Å². The molecule has 0 radical (unpaired) electrons. The van der Waals surface area contributed by atoms with Crippen molar-refractivity contribution in [2.75, 3.05) is 0 Å². The second-order valence-electron chi connectivity index (χ2n) is 4.66. The number of pyridine rings is 1. The number of nitrogens with zero attached hydrogens (tertiary/aromatic N) is 1. The molecule has 6 heteroatoms. The van der Waals surface area contributed by atoms with Gasteiger partial charge in [-0.15, -0.1) is 0 Å². The summed E-state index contributed by atoms with van der Waals surface area (Å²) in [6.45, 7) is 1.66. The molecule has 3 rings (SSSR count). The molecular weight excluding hydrogens is 376 g/mol. The summed E-state index contributed by atoms with van der Waals surface area (Å²) in [5.74, 6) is -0.928. The zero-order chi connectivity index (χ0) is 15.9. The molecule has 1 aromatic heterocycles. The summed E-state index contributed by atoms with van der Waals surface area (Å²) in [4.78, 5) is 4.10. The van der Waals surface area contributed by atoms with Crippen LogP contribution in [0.2, 0.25) is 5.02 Å². The Kier molecular flexibility index (Phi) is 4.02. The van der Waals surface area contributed by atoms with Crippen molar-refractivity contribution in [3.8, 4) is 11.5 Å². The van der Waals surface area contributed by atoms with Gasteiger partial charge in [-0.2, -0.15) is 0 Å². The molecule has 0 saturated carbocycles. The lowest BCUT2D eigenvalue weighted by molar-refractivity contribution is 0.473. The van der Waals surface area contributed by atoms with Crippen molar-refractivity contribution >= 4 is 38.4 Å². The second-order valence-corrected chi connectivity index (χ2v) is 5.86. The Bertz CT molecular complexity index is 886. The smallest absolute Gasteiger partial charge is 0.184 e. The van der Waals surface area contributed by atoms with Crippen LogP contribution in [0.15, 0.2) is 40.9 Å². The van der Waals surface area contributed by atoms with Crippen LogP contribution in [0.1, 0.15) is 5.69 Å². The average Bonchev–Trinajstić information content (AvgIpc) is 2.49. The van der Waals surface area contributed by atoms with Crippen LogP contribution in [0.25, 0.3) is 10.9 Å². The Morgan fingerprint density at radius 3 is 2.68 bits per heavy atom. The van der Waals surface area contributed by atoms with E-state index >= 15 is 0 Å². The third kappa shape index (κ3) is 2.66. The zero-order valence-electron chi connectivity index (χ0n) is 11.3. The van der Waals surface area contributed by atoms with Crippen molar-refractivity contribution in [3.05, 3.63) is 63.2 Å². The second kappa shape index (κ2) is 5.82. The predicted molar refractivity (Wildman–Crippen MR) is 85.6 cm³/mol. The maximum absolute atomic E-state index is 13.8. The van der Waals surface area contributed by atoms with E-state index in [1.165, 1.54) is 6.07 Å². The Labute approximate surface area is 138 Å². The Hall–Kier alpha value is -1.72. The van der Waals surface area contributed by atoms with E-state index < -0.39 is 11.6 Å². The number of fused-ring (bicyclic) bond motifs is 1. The van der Waals surface area contributed by atoms with Gasteiger partial charge in [-0.1, -0.05) is 17.7 Å². The normalized spacial score (nSPS) is 11.0. The van der Waals surface area contributed by atoms with E-state index in [9.17, 15) is 8.78 Å². The molecule has 2 aromatic carbocycles. The van der Waals surface area contributed by atoms with Gasteiger partial charge in [0.1, 0.15) is 17.0 Å². The Morgan fingerprint density at radius 1 is 1.14 bits per heavy atom. The largest absolute Gasteiger partial charge is 0.454 e. The van der Waals surface area contributed by atoms with Gasteiger partial charge in [-0.3, -0.25) is 0 Å². The molecule has 0 aliphatic heterocycles. The number of halogens is 4. The predicted octanol–water partition coefficient (Wildman–Crippen LogP) is 6.03. The number of hydrogen-bond donors (Lipinski definition) is 0. The standard InChI is InChI=1S/C16H9BrClF2NO/c1-8-13(22-12-4-2-3-10(18)14(12)17)7-9-5-6-11(19)15(20)16(9)21-8/h2-7H,1H3. The third-order valence-electron chi connectivity index (χ3n) is 3.16. The van der Waals surface area contributed by atoms with Crippen LogP contribution in [0.5, 0.6) is 11.5 Å². The van der Waals surface area contributed by atoms with Crippen molar-refractivity contribution in [1.29, 1.82) is 0 Å². The van der Waals surface area contributed by atoms with Crippen molar-refractivity contribution < 1.29 is 13.5 Å². The molecule has 0 fully saturated rings. The summed E-state index contributed by atoms with van der Waals surface area (Å²) in [7, 11) is 0. The van der Waals surface area contributed by atoms with Gasteiger partial charge in [0.05, 0.1) is 15.2 Å². The highest BCUT2D eigenvalue weighted by Gasteiger charge is 2.13. The average molecular weight is 385 g/mol. The van der Waals surface area contributed by atoms with Crippen molar-refractivity contribution in [2.24, 2.45) is 0 Å². The molecule has 112 valence electrons. The zero-order valence-corrected chi connectivity index (χ0v) is 13.7. The molecule has 0 bridgehead atoms. The first-order chi connectivity index (χ1) is 10.5. The highest BCUT2D eigenvalue weighted by molar-refractivity contribution is 9.10.